The highest BCUT2D eigenvalue weighted by Gasteiger charge is 2.27. The van der Waals surface area contributed by atoms with Crippen molar-refractivity contribution in [2.24, 2.45) is 0 Å². The number of benzene rings is 2. The first-order chi connectivity index (χ1) is 18.5. The van der Waals surface area contributed by atoms with Crippen molar-refractivity contribution in [1.82, 2.24) is 19.9 Å². The van der Waals surface area contributed by atoms with Crippen LogP contribution >= 0.6 is 0 Å². The summed E-state index contributed by atoms with van der Waals surface area (Å²) < 4.78 is 68.3. The number of hydrogen-bond acceptors (Lipinski definition) is 4. The standard InChI is InChI=1S/C28H24F5N5O/c1-15-12-17(6-9-19(15)27(39)36-18-7-8-18)24-14-35-26-23(34-11-10-28(31,32)33)13-22(37-38(24)26)16(2)20-4-3-5-21(29)25(20)30/h3-6,9,12-14,18,34H,2,7-8,10-11H2,1H3,(H,36,39). The van der Waals surface area contributed by atoms with Crippen molar-refractivity contribution in [3.63, 3.8) is 0 Å². The Morgan fingerprint density at radius 2 is 1.90 bits per heavy atom. The molecule has 1 fully saturated rings. The average molecular weight is 542 g/mol. The molecule has 0 spiro atoms. The Hall–Kier alpha value is -4.28. The third-order valence-electron chi connectivity index (χ3n) is 6.46. The molecule has 39 heavy (non-hydrogen) atoms. The number of alkyl halides is 3. The molecular formula is C28H24F5N5O. The first-order valence-corrected chi connectivity index (χ1v) is 12.3. The molecule has 0 atom stereocenters. The Kier molecular flexibility index (Phi) is 6.83. The fourth-order valence-electron chi connectivity index (χ4n) is 4.23. The van der Waals surface area contributed by atoms with E-state index in [0.717, 1.165) is 18.9 Å². The van der Waals surface area contributed by atoms with Crippen LogP contribution in [0.15, 0.2) is 55.2 Å². The number of aromatic nitrogens is 3. The number of hydrogen-bond donors (Lipinski definition) is 2. The van der Waals surface area contributed by atoms with Gasteiger partial charge in [-0.15, -0.1) is 0 Å². The van der Waals surface area contributed by atoms with Crippen LogP contribution in [0.4, 0.5) is 27.6 Å². The van der Waals surface area contributed by atoms with E-state index in [2.05, 4.69) is 27.3 Å². The summed E-state index contributed by atoms with van der Waals surface area (Å²) in [6, 6.07) is 10.5. The summed E-state index contributed by atoms with van der Waals surface area (Å²) in [5.41, 5.74) is 2.83. The average Bonchev–Trinajstić information content (AvgIpc) is 3.59. The summed E-state index contributed by atoms with van der Waals surface area (Å²) in [7, 11) is 0. The van der Waals surface area contributed by atoms with E-state index in [1.165, 1.54) is 28.9 Å². The zero-order chi connectivity index (χ0) is 27.9. The quantitative estimate of drug-likeness (QED) is 0.257. The molecule has 0 saturated heterocycles. The molecule has 0 unspecified atom stereocenters. The van der Waals surface area contributed by atoms with Crippen LogP contribution < -0.4 is 10.6 Å². The number of aryl methyl sites for hydroxylation is 1. The van der Waals surface area contributed by atoms with Gasteiger partial charge in [0.25, 0.3) is 5.91 Å². The van der Waals surface area contributed by atoms with Gasteiger partial charge in [0.15, 0.2) is 17.3 Å². The number of amides is 1. The van der Waals surface area contributed by atoms with E-state index in [-0.39, 0.29) is 40.1 Å². The molecule has 0 radical (unpaired) electrons. The molecular weight excluding hydrogens is 517 g/mol. The molecule has 2 heterocycles. The van der Waals surface area contributed by atoms with Crippen LogP contribution in [-0.2, 0) is 0 Å². The zero-order valence-corrected chi connectivity index (χ0v) is 20.9. The van der Waals surface area contributed by atoms with Crippen LogP contribution in [0.2, 0.25) is 0 Å². The number of anilines is 1. The lowest BCUT2D eigenvalue weighted by atomic mass is 10.0. The topological polar surface area (TPSA) is 71.3 Å². The maximum atomic E-state index is 14.5. The molecule has 1 amide bonds. The fraction of sp³-hybridized carbons (Fsp3) is 0.250. The highest BCUT2D eigenvalue weighted by atomic mass is 19.4. The summed E-state index contributed by atoms with van der Waals surface area (Å²) in [5, 5.41) is 10.2. The van der Waals surface area contributed by atoms with Gasteiger partial charge in [-0.1, -0.05) is 24.8 Å². The van der Waals surface area contributed by atoms with E-state index in [4.69, 9.17) is 0 Å². The Morgan fingerprint density at radius 3 is 2.59 bits per heavy atom. The molecule has 2 aromatic carbocycles. The molecule has 11 heteroatoms. The van der Waals surface area contributed by atoms with Crippen molar-refractivity contribution in [3.05, 3.63) is 89.3 Å². The third kappa shape index (κ3) is 5.62. The van der Waals surface area contributed by atoms with Gasteiger partial charge in [0.2, 0.25) is 0 Å². The van der Waals surface area contributed by atoms with Gasteiger partial charge in [-0.25, -0.2) is 18.3 Å². The van der Waals surface area contributed by atoms with E-state index in [0.29, 0.717) is 22.4 Å². The largest absolute Gasteiger partial charge is 0.390 e. The number of nitrogens with one attached hydrogen (secondary N) is 2. The van der Waals surface area contributed by atoms with Gasteiger partial charge in [0.1, 0.15) is 0 Å². The van der Waals surface area contributed by atoms with E-state index < -0.39 is 30.8 Å². The van der Waals surface area contributed by atoms with Crippen LogP contribution in [-0.4, -0.2) is 39.3 Å². The summed E-state index contributed by atoms with van der Waals surface area (Å²) in [5.74, 6) is -2.34. The lowest BCUT2D eigenvalue weighted by Crippen LogP contribution is -2.26. The third-order valence-corrected chi connectivity index (χ3v) is 6.46. The van der Waals surface area contributed by atoms with Crippen molar-refractivity contribution in [3.8, 4) is 11.3 Å². The molecule has 1 saturated carbocycles. The highest BCUT2D eigenvalue weighted by Crippen LogP contribution is 2.31. The van der Waals surface area contributed by atoms with Crippen LogP contribution in [0, 0.1) is 18.6 Å². The number of halogens is 5. The number of nitrogens with zero attached hydrogens (tertiary/aromatic N) is 3. The van der Waals surface area contributed by atoms with Crippen molar-refractivity contribution in [2.45, 2.75) is 38.4 Å². The Balaban J connectivity index is 1.57. The Labute approximate surface area is 220 Å². The van der Waals surface area contributed by atoms with E-state index >= 15 is 0 Å². The molecule has 0 aliphatic heterocycles. The van der Waals surface area contributed by atoms with Crippen LogP contribution in [0.25, 0.3) is 22.5 Å². The summed E-state index contributed by atoms with van der Waals surface area (Å²) in [6.07, 6.45) is -2.04. The first-order valence-electron chi connectivity index (χ1n) is 12.3. The monoisotopic (exact) mass is 541 g/mol. The first kappa shape index (κ1) is 26.3. The van der Waals surface area contributed by atoms with E-state index in [1.807, 2.05) is 0 Å². The minimum absolute atomic E-state index is 0.0377. The molecule has 2 aromatic heterocycles. The van der Waals surface area contributed by atoms with Crippen molar-refractivity contribution < 1.29 is 26.7 Å². The van der Waals surface area contributed by atoms with Gasteiger partial charge in [0.05, 0.1) is 29.7 Å². The minimum atomic E-state index is -4.38. The summed E-state index contributed by atoms with van der Waals surface area (Å²) in [4.78, 5) is 16.9. The van der Waals surface area contributed by atoms with Crippen molar-refractivity contribution >= 4 is 22.8 Å². The van der Waals surface area contributed by atoms with E-state index in [1.54, 1.807) is 25.1 Å². The van der Waals surface area contributed by atoms with E-state index in [9.17, 15) is 26.7 Å². The molecule has 6 nitrogen and oxygen atoms in total. The van der Waals surface area contributed by atoms with Gasteiger partial charge in [-0.2, -0.15) is 18.3 Å². The van der Waals surface area contributed by atoms with Crippen molar-refractivity contribution in [1.29, 1.82) is 0 Å². The fourth-order valence-corrected chi connectivity index (χ4v) is 4.23. The normalized spacial score (nSPS) is 13.5. The molecule has 1 aliphatic rings. The molecule has 4 aromatic rings. The molecule has 202 valence electrons. The second-order valence-corrected chi connectivity index (χ2v) is 9.47. The predicted octanol–water partition coefficient (Wildman–Crippen LogP) is 6.30. The Bertz CT molecular complexity index is 1590. The molecule has 1 aliphatic carbocycles. The molecule has 2 N–H and O–H groups in total. The summed E-state index contributed by atoms with van der Waals surface area (Å²) in [6.45, 7) is 5.23. The molecule has 0 bridgehead atoms. The predicted molar refractivity (Wildman–Crippen MR) is 137 cm³/mol. The smallest absolute Gasteiger partial charge is 0.382 e. The van der Waals surface area contributed by atoms with Gasteiger partial charge in [-0.05, 0) is 49.6 Å². The number of rotatable bonds is 8. The SMILES string of the molecule is C=C(c1cc(NCCC(F)(F)F)c2ncc(-c3ccc(C(=O)NC4CC4)c(C)c3)n2n1)c1cccc(F)c1F. The number of carbonyl (C=O) groups excluding carboxylic acids is 1. The number of imidazole rings is 1. The maximum Gasteiger partial charge on any atom is 0.390 e. The molecule has 5 rings (SSSR count). The van der Waals surface area contributed by atoms with Gasteiger partial charge >= 0.3 is 6.18 Å². The maximum absolute atomic E-state index is 14.5. The highest BCUT2D eigenvalue weighted by molar-refractivity contribution is 5.96. The van der Waals surface area contributed by atoms with Gasteiger partial charge in [-0.3, -0.25) is 4.79 Å². The zero-order valence-electron chi connectivity index (χ0n) is 20.9. The van der Waals surface area contributed by atoms with Crippen LogP contribution in [0.3, 0.4) is 0 Å². The minimum Gasteiger partial charge on any atom is -0.382 e. The lowest BCUT2D eigenvalue weighted by molar-refractivity contribution is -0.131. The number of fused-ring (bicyclic) bond motifs is 1. The van der Waals surface area contributed by atoms with Gasteiger partial charge in [0, 0.05) is 34.9 Å². The summed E-state index contributed by atoms with van der Waals surface area (Å²) >= 11 is 0. The van der Waals surface area contributed by atoms with Gasteiger partial charge < -0.3 is 10.6 Å². The Morgan fingerprint density at radius 1 is 1.13 bits per heavy atom. The number of carbonyl (C=O) groups is 1. The van der Waals surface area contributed by atoms with Crippen molar-refractivity contribution in [2.75, 3.05) is 11.9 Å². The lowest BCUT2D eigenvalue weighted by Gasteiger charge is -2.14. The van der Waals surface area contributed by atoms with Crippen LogP contribution in [0.1, 0.15) is 46.4 Å². The van der Waals surface area contributed by atoms with Crippen LogP contribution in [0.5, 0.6) is 0 Å². The second kappa shape index (κ2) is 10.1. The second-order valence-electron chi connectivity index (χ2n) is 9.47.